The minimum Gasteiger partial charge on any atom is -0.283 e. The number of nitrogens with zero attached hydrogens (tertiary/aromatic N) is 2. The van der Waals surface area contributed by atoms with Gasteiger partial charge in [0.25, 0.3) is 5.91 Å². The van der Waals surface area contributed by atoms with Gasteiger partial charge in [0.1, 0.15) is 0 Å². The standard InChI is InChI=1S/C14H16BrClN2O/c1-10(2)14(16)12(9-15)17(3)18(13(14)19)11-7-5-4-6-8-11/h4-10H,1-3H3/b12-9-. The molecule has 1 heterocycles. The van der Waals surface area contributed by atoms with Crippen molar-refractivity contribution in [2.45, 2.75) is 18.7 Å². The quantitative estimate of drug-likeness (QED) is 0.764. The van der Waals surface area contributed by atoms with Crippen LogP contribution in [0.3, 0.4) is 0 Å². The van der Waals surface area contributed by atoms with Crippen molar-refractivity contribution in [2.24, 2.45) is 5.92 Å². The number of anilines is 1. The van der Waals surface area contributed by atoms with Gasteiger partial charge in [-0.3, -0.25) is 9.80 Å². The van der Waals surface area contributed by atoms with E-state index in [0.717, 1.165) is 11.4 Å². The summed E-state index contributed by atoms with van der Waals surface area (Å²) in [5, 5.41) is 3.40. The van der Waals surface area contributed by atoms with E-state index in [1.54, 1.807) is 15.0 Å². The van der Waals surface area contributed by atoms with Crippen LogP contribution in [0.4, 0.5) is 5.69 Å². The molecule has 1 aliphatic rings. The van der Waals surface area contributed by atoms with Gasteiger partial charge in [0, 0.05) is 12.0 Å². The van der Waals surface area contributed by atoms with Crippen LogP contribution < -0.4 is 5.01 Å². The number of hydrogen-bond donors (Lipinski definition) is 0. The molecule has 1 unspecified atom stereocenters. The van der Waals surface area contributed by atoms with Gasteiger partial charge < -0.3 is 0 Å². The zero-order valence-corrected chi connectivity index (χ0v) is 13.4. The minimum atomic E-state index is -1.03. The summed E-state index contributed by atoms with van der Waals surface area (Å²) in [6.07, 6.45) is 0. The lowest BCUT2D eigenvalue weighted by molar-refractivity contribution is -0.120. The Morgan fingerprint density at radius 2 is 1.89 bits per heavy atom. The van der Waals surface area contributed by atoms with Crippen LogP contribution in [0.1, 0.15) is 13.8 Å². The number of benzene rings is 1. The maximum absolute atomic E-state index is 12.7. The molecule has 1 saturated heterocycles. The van der Waals surface area contributed by atoms with Crippen LogP contribution in [0.15, 0.2) is 41.0 Å². The first-order valence-corrected chi connectivity index (χ1v) is 7.37. The van der Waals surface area contributed by atoms with E-state index in [-0.39, 0.29) is 11.8 Å². The lowest BCUT2D eigenvalue weighted by Gasteiger charge is -2.25. The monoisotopic (exact) mass is 342 g/mol. The molecule has 0 bridgehead atoms. The fourth-order valence-electron chi connectivity index (χ4n) is 2.30. The summed E-state index contributed by atoms with van der Waals surface area (Å²) in [4.78, 5) is 13.4. The average molecular weight is 344 g/mol. The van der Waals surface area contributed by atoms with Gasteiger partial charge in [-0.25, -0.2) is 5.01 Å². The summed E-state index contributed by atoms with van der Waals surface area (Å²) in [6.45, 7) is 3.90. The van der Waals surface area contributed by atoms with Gasteiger partial charge in [-0.2, -0.15) is 0 Å². The molecule has 2 rings (SSSR count). The minimum absolute atomic E-state index is 0.0124. The first-order valence-electron chi connectivity index (χ1n) is 6.07. The van der Waals surface area contributed by atoms with E-state index in [0.29, 0.717) is 0 Å². The Bertz CT molecular complexity index is 517. The van der Waals surface area contributed by atoms with Crippen molar-refractivity contribution in [2.75, 3.05) is 12.1 Å². The molecule has 19 heavy (non-hydrogen) atoms. The van der Waals surface area contributed by atoms with Gasteiger partial charge in [-0.05, 0) is 18.1 Å². The molecule has 1 fully saturated rings. The Morgan fingerprint density at radius 1 is 1.32 bits per heavy atom. The highest BCUT2D eigenvalue weighted by molar-refractivity contribution is 9.11. The highest BCUT2D eigenvalue weighted by atomic mass is 79.9. The number of carbonyl (C=O) groups excluding carboxylic acids is 1. The third-order valence-electron chi connectivity index (χ3n) is 3.42. The topological polar surface area (TPSA) is 23.6 Å². The van der Waals surface area contributed by atoms with Crippen LogP contribution in [0.2, 0.25) is 0 Å². The number of hydrogen-bond acceptors (Lipinski definition) is 2. The second-order valence-electron chi connectivity index (χ2n) is 4.84. The Labute approximate surface area is 126 Å². The smallest absolute Gasteiger partial charge is 0.273 e. The van der Waals surface area contributed by atoms with E-state index in [9.17, 15) is 4.79 Å². The Morgan fingerprint density at radius 3 is 2.32 bits per heavy atom. The SMILES string of the molecule is CC(C)C1(Cl)C(=O)N(c2ccccc2)N(C)/C1=C\Br. The van der Waals surface area contributed by atoms with Crippen molar-refractivity contribution in [3.63, 3.8) is 0 Å². The number of rotatable bonds is 2. The van der Waals surface area contributed by atoms with Crippen molar-refractivity contribution in [1.29, 1.82) is 0 Å². The Kier molecular flexibility index (Phi) is 3.92. The largest absolute Gasteiger partial charge is 0.283 e. The molecule has 0 N–H and O–H groups in total. The summed E-state index contributed by atoms with van der Waals surface area (Å²) < 4.78 is 0. The van der Waals surface area contributed by atoms with Crippen molar-refractivity contribution in [3.05, 3.63) is 41.0 Å². The number of halogens is 2. The van der Waals surface area contributed by atoms with E-state index >= 15 is 0 Å². The van der Waals surface area contributed by atoms with Gasteiger partial charge in [-0.15, -0.1) is 11.6 Å². The lowest BCUT2D eigenvalue weighted by Crippen LogP contribution is -2.41. The molecule has 0 aliphatic carbocycles. The second-order valence-corrected chi connectivity index (χ2v) is 5.89. The van der Waals surface area contributed by atoms with E-state index in [1.807, 2.05) is 51.2 Å². The molecule has 102 valence electrons. The van der Waals surface area contributed by atoms with Crippen LogP contribution in [0, 0.1) is 5.92 Å². The van der Waals surface area contributed by atoms with Gasteiger partial charge in [0.2, 0.25) is 0 Å². The van der Waals surface area contributed by atoms with Crippen molar-refractivity contribution in [1.82, 2.24) is 5.01 Å². The maximum Gasteiger partial charge on any atom is 0.273 e. The predicted octanol–water partition coefficient (Wildman–Crippen LogP) is 3.75. The third-order valence-corrected chi connectivity index (χ3v) is 4.65. The number of amides is 1. The van der Waals surface area contributed by atoms with Crippen LogP contribution in [-0.4, -0.2) is 22.8 Å². The van der Waals surface area contributed by atoms with Gasteiger partial charge in [0.15, 0.2) is 4.87 Å². The zero-order chi connectivity index (χ0) is 14.2. The summed E-state index contributed by atoms with van der Waals surface area (Å²) in [7, 11) is 1.84. The molecule has 1 atom stereocenters. The molecule has 0 spiro atoms. The Hall–Kier alpha value is -1.00. The Balaban J connectivity index is 2.53. The fraction of sp³-hybridized carbons (Fsp3) is 0.357. The van der Waals surface area contributed by atoms with Crippen molar-refractivity contribution in [3.8, 4) is 0 Å². The molecular weight excluding hydrogens is 328 g/mol. The van der Waals surface area contributed by atoms with Gasteiger partial charge >= 0.3 is 0 Å². The normalized spacial score (nSPS) is 25.8. The average Bonchev–Trinajstić information content (AvgIpc) is 2.59. The summed E-state index contributed by atoms with van der Waals surface area (Å²) >= 11 is 9.95. The fourth-order valence-corrected chi connectivity index (χ4v) is 3.34. The number of alkyl halides is 1. The van der Waals surface area contributed by atoms with Gasteiger partial charge in [0.05, 0.1) is 11.4 Å². The van der Waals surface area contributed by atoms with E-state index in [1.165, 1.54) is 0 Å². The van der Waals surface area contributed by atoms with Crippen LogP contribution in [-0.2, 0) is 4.79 Å². The molecule has 1 amide bonds. The molecule has 1 aliphatic heterocycles. The molecule has 1 aromatic rings. The third kappa shape index (κ3) is 2.07. The molecule has 3 nitrogen and oxygen atoms in total. The zero-order valence-electron chi connectivity index (χ0n) is 11.1. The van der Waals surface area contributed by atoms with Crippen molar-refractivity contribution < 1.29 is 4.79 Å². The summed E-state index contributed by atoms with van der Waals surface area (Å²) in [5.41, 5.74) is 1.56. The molecule has 0 saturated carbocycles. The number of hydrazine groups is 1. The summed E-state index contributed by atoms with van der Waals surface area (Å²) in [5.74, 6) is -0.134. The predicted molar refractivity (Wildman–Crippen MR) is 82.1 cm³/mol. The van der Waals surface area contributed by atoms with E-state index in [2.05, 4.69) is 15.9 Å². The number of carbonyl (C=O) groups is 1. The molecule has 0 aromatic heterocycles. The molecule has 0 radical (unpaired) electrons. The van der Waals surface area contributed by atoms with E-state index in [4.69, 9.17) is 11.6 Å². The van der Waals surface area contributed by atoms with E-state index < -0.39 is 4.87 Å². The van der Waals surface area contributed by atoms with Crippen LogP contribution >= 0.6 is 27.5 Å². The van der Waals surface area contributed by atoms with Gasteiger partial charge in [-0.1, -0.05) is 48.0 Å². The van der Waals surface area contributed by atoms with Crippen molar-refractivity contribution >= 4 is 39.1 Å². The molecular formula is C14H16BrClN2O. The molecule has 5 heteroatoms. The second kappa shape index (κ2) is 5.17. The highest BCUT2D eigenvalue weighted by Crippen LogP contribution is 2.44. The number of para-hydroxylation sites is 1. The first-order chi connectivity index (χ1) is 8.94. The van der Waals surface area contributed by atoms with Crippen LogP contribution in [0.25, 0.3) is 0 Å². The highest BCUT2D eigenvalue weighted by Gasteiger charge is 2.55. The maximum atomic E-state index is 12.7. The first kappa shape index (κ1) is 14.4. The van der Waals surface area contributed by atoms with Crippen LogP contribution in [0.5, 0.6) is 0 Å². The summed E-state index contributed by atoms with van der Waals surface area (Å²) in [6, 6.07) is 9.50. The lowest BCUT2D eigenvalue weighted by atomic mass is 9.92. The molecule has 1 aromatic carbocycles.